The van der Waals surface area contributed by atoms with Gasteiger partial charge >= 0.3 is 0 Å². The molecule has 0 aliphatic heterocycles. The van der Waals surface area contributed by atoms with Crippen LogP contribution in [0, 0.1) is 5.92 Å². The summed E-state index contributed by atoms with van der Waals surface area (Å²) in [5.41, 5.74) is 5.22. The van der Waals surface area contributed by atoms with Gasteiger partial charge in [-0.05, 0) is 85.8 Å². The number of hydrogen-bond donors (Lipinski definition) is 1. The first-order valence-corrected chi connectivity index (χ1v) is 12.8. The van der Waals surface area contributed by atoms with E-state index in [2.05, 4.69) is 64.1 Å². The van der Waals surface area contributed by atoms with E-state index in [1.54, 1.807) is 0 Å². The van der Waals surface area contributed by atoms with E-state index in [0.717, 1.165) is 18.4 Å². The van der Waals surface area contributed by atoms with Gasteiger partial charge in [0.25, 0.3) is 0 Å². The minimum absolute atomic E-state index is 0.686. The first kappa shape index (κ1) is 20.0. The number of thiazole rings is 1. The predicted octanol–water partition coefficient (Wildman–Crippen LogP) is 6.96. The molecule has 2 aromatic carbocycles. The van der Waals surface area contributed by atoms with Gasteiger partial charge in [-0.1, -0.05) is 18.2 Å². The van der Waals surface area contributed by atoms with Crippen LogP contribution >= 0.6 is 11.3 Å². The molecule has 5 heteroatoms. The number of fused-ring (bicyclic) bond motifs is 1. The molecule has 4 nitrogen and oxygen atoms in total. The molecular formula is C27H30N4S. The van der Waals surface area contributed by atoms with Crippen molar-refractivity contribution >= 4 is 27.9 Å². The van der Waals surface area contributed by atoms with Gasteiger partial charge in [-0.2, -0.15) is 5.10 Å². The lowest BCUT2D eigenvalue weighted by atomic mass is 9.78. The van der Waals surface area contributed by atoms with Crippen molar-refractivity contribution in [3.8, 4) is 10.4 Å². The Labute approximate surface area is 193 Å². The molecule has 2 aromatic heterocycles. The first-order valence-electron chi connectivity index (χ1n) is 11.9. The summed E-state index contributed by atoms with van der Waals surface area (Å²) in [6.45, 7) is 1.06. The fourth-order valence-electron chi connectivity index (χ4n) is 5.12. The van der Waals surface area contributed by atoms with Crippen molar-refractivity contribution in [3.63, 3.8) is 0 Å². The molecule has 0 amide bonds. The molecule has 2 saturated carbocycles. The molecule has 0 saturated heterocycles. The molecule has 0 atom stereocenters. The van der Waals surface area contributed by atoms with E-state index in [1.807, 2.05) is 29.3 Å². The van der Waals surface area contributed by atoms with Gasteiger partial charge in [-0.25, -0.2) is 4.98 Å². The van der Waals surface area contributed by atoms with Gasteiger partial charge in [-0.3, -0.25) is 4.68 Å². The predicted molar refractivity (Wildman–Crippen MR) is 133 cm³/mol. The average Bonchev–Trinajstić information content (AvgIpc) is 3.45. The van der Waals surface area contributed by atoms with Crippen LogP contribution in [0.2, 0.25) is 0 Å². The molecule has 0 unspecified atom stereocenters. The van der Waals surface area contributed by atoms with Crippen LogP contribution in [-0.4, -0.2) is 21.3 Å². The molecule has 6 rings (SSSR count). The molecule has 0 radical (unpaired) electrons. The summed E-state index contributed by atoms with van der Waals surface area (Å²) in [6, 6.07) is 15.8. The van der Waals surface area contributed by atoms with Gasteiger partial charge in [0.2, 0.25) is 0 Å². The molecule has 2 heterocycles. The van der Waals surface area contributed by atoms with Crippen molar-refractivity contribution in [2.24, 2.45) is 13.0 Å². The Morgan fingerprint density at radius 1 is 0.969 bits per heavy atom. The average molecular weight is 443 g/mol. The van der Waals surface area contributed by atoms with Crippen molar-refractivity contribution in [1.82, 2.24) is 14.8 Å². The zero-order valence-corrected chi connectivity index (χ0v) is 19.4. The van der Waals surface area contributed by atoms with Crippen molar-refractivity contribution in [2.75, 3.05) is 11.9 Å². The van der Waals surface area contributed by atoms with Crippen LogP contribution in [0.3, 0.4) is 0 Å². The van der Waals surface area contributed by atoms with Gasteiger partial charge in [0, 0.05) is 36.8 Å². The Morgan fingerprint density at radius 3 is 2.66 bits per heavy atom. The largest absolute Gasteiger partial charge is 0.385 e. The summed E-state index contributed by atoms with van der Waals surface area (Å²) in [5, 5.41) is 10.7. The third-order valence-corrected chi connectivity index (χ3v) is 8.49. The fourth-order valence-corrected chi connectivity index (χ4v) is 6.20. The molecule has 2 aliphatic rings. The second-order valence-electron chi connectivity index (χ2n) is 9.60. The van der Waals surface area contributed by atoms with Gasteiger partial charge in [0.05, 0.1) is 21.6 Å². The van der Waals surface area contributed by atoms with E-state index in [-0.39, 0.29) is 0 Å². The Balaban J connectivity index is 1.05. The smallest absolute Gasteiger partial charge is 0.0962 e. The van der Waals surface area contributed by atoms with Crippen molar-refractivity contribution < 1.29 is 0 Å². The Hall–Kier alpha value is -2.66. The van der Waals surface area contributed by atoms with Crippen LogP contribution in [0.5, 0.6) is 0 Å². The number of anilines is 1. The van der Waals surface area contributed by atoms with Gasteiger partial charge in [-0.15, -0.1) is 11.3 Å². The van der Waals surface area contributed by atoms with E-state index in [0.29, 0.717) is 5.92 Å². The number of rotatable bonds is 6. The van der Waals surface area contributed by atoms with Crippen LogP contribution in [-0.2, 0) is 7.05 Å². The molecule has 0 bridgehead atoms. The highest BCUT2D eigenvalue weighted by atomic mass is 32.1. The van der Waals surface area contributed by atoms with E-state index in [4.69, 9.17) is 0 Å². The van der Waals surface area contributed by atoms with E-state index < -0.39 is 0 Å². The minimum atomic E-state index is 0.686. The summed E-state index contributed by atoms with van der Waals surface area (Å²) in [5.74, 6) is 2.17. The number of aryl methyl sites for hydroxylation is 1. The third kappa shape index (κ3) is 4.06. The van der Waals surface area contributed by atoms with Gasteiger partial charge in [0.1, 0.15) is 0 Å². The lowest BCUT2D eigenvalue weighted by molar-refractivity contribution is 0.338. The minimum Gasteiger partial charge on any atom is -0.385 e. The maximum absolute atomic E-state index is 4.65. The number of benzene rings is 2. The maximum Gasteiger partial charge on any atom is 0.0962 e. The van der Waals surface area contributed by atoms with E-state index in [1.165, 1.54) is 76.1 Å². The van der Waals surface area contributed by atoms with Crippen LogP contribution in [0.15, 0.2) is 54.9 Å². The summed E-state index contributed by atoms with van der Waals surface area (Å²) in [6.07, 6.45) is 11.8. The molecule has 32 heavy (non-hydrogen) atoms. The summed E-state index contributed by atoms with van der Waals surface area (Å²) in [4.78, 5) is 5.94. The van der Waals surface area contributed by atoms with Gasteiger partial charge < -0.3 is 5.32 Å². The monoisotopic (exact) mass is 442 g/mol. The van der Waals surface area contributed by atoms with Crippen molar-refractivity contribution in [1.29, 1.82) is 0 Å². The Morgan fingerprint density at radius 2 is 1.81 bits per heavy atom. The van der Waals surface area contributed by atoms with Crippen molar-refractivity contribution in [2.45, 2.75) is 50.4 Å². The normalized spacial score (nSPS) is 21.2. The zero-order chi connectivity index (χ0) is 21.5. The number of nitrogens with zero attached hydrogens (tertiary/aromatic N) is 3. The maximum atomic E-state index is 4.65. The summed E-state index contributed by atoms with van der Waals surface area (Å²) in [7, 11) is 2.01. The lowest BCUT2D eigenvalue weighted by Crippen LogP contribution is -2.20. The highest BCUT2D eigenvalue weighted by Gasteiger charge is 2.27. The molecule has 164 valence electrons. The molecule has 1 N–H and O–H groups in total. The van der Waals surface area contributed by atoms with E-state index >= 15 is 0 Å². The highest BCUT2D eigenvalue weighted by Crippen LogP contribution is 2.43. The zero-order valence-electron chi connectivity index (χ0n) is 18.6. The fraction of sp³-hybridized carbons (Fsp3) is 0.407. The Kier molecular flexibility index (Phi) is 5.22. The molecule has 2 aliphatic carbocycles. The molecule has 0 spiro atoms. The number of aromatic nitrogens is 3. The second-order valence-corrected chi connectivity index (χ2v) is 10.7. The second kappa shape index (κ2) is 8.36. The lowest BCUT2D eigenvalue weighted by Gasteiger charge is -2.29. The van der Waals surface area contributed by atoms with Crippen LogP contribution < -0.4 is 5.32 Å². The summed E-state index contributed by atoms with van der Waals surface area (Å²) < 4.78 is 1.96. The highest BCUT2D eigenvalue weighted by molar-refractivity contribution is 7.15. The van der Waals surface area contributed by atoms with E-state index in [9.17, 15) is 0 Å². The number of hydrogen-bond acceptors (Lipinski definition) is 4. The SMILES string of the molecule is Cn1ncc2cc(C3CCC(CNc4cccc(-c5cnc(C6CC6)s5)c4)CC3)ccc21. The standard InChI is InChI=1S/C27H30N4S/c1-31-25-12-11-21(13-23(25)16-30-31)19-7-5-18(6-8-19)15-28-24-4-2-3-22(14-24)26-17-29-27(32-26)20-9-10-20/h2-4,11-14,16-20,28H,5-10,15H2,1H3. The topological polar surface area (TPSA) is 42.7 Å². The van der Waals surface area contributed by atoms with Crippen LogP contribution in [0.25, 0.3) is 21.3 Å². The number of nitrogens with one attached hydrogen (secondary N) is 1. The van der Waals surface area contributed by atoms with Crippen LogP contribution in [0.4, 0.5) is 5.69 Å². The quantitative estimate of drug-likeness (QED) is 0.351. The third-order valence-electron chi connectivity index (χ3n) is 7.28. The molecular weight excluding hydrogens is 412 g/mol. The van der Waals surface area contributed by atoms with Crippen molar-refractivity contribution in [3.05, 3.63) is 65.4 Å². The molecule has 4 aromatic rings. The molecule has 2 fully saturated rings. The Bertz CT molecular complexity index is 1230. The van der Waals surface area contributed by atoms with Crippen LogP contribution in [0.1, 0.15) is 60.9 Å². The van der Waals surface area contributed by atoms with Gasteiger partial charge in [0.15, 0.2) is 0 Å². The first-order chi connectivity index (χ1) is 15.7. The summed E-state index contributed by atoms with van der Waals surface area (Å²) >= 11 is 1.87.